The molecule has 4 rings (SSSR count). The highest BCUT2D eigenvalue weighted by Gasteiger charge is 2.42. The minimum absolute atomic E-state index is 0.0678. The van der Waals surface area contributed by atoms with Crippen molar-refractivity contribution in [2.45, 2.75) is 39.5 Å². The smallest absolute Gasteiger partial charge is 0.255 e. The van der Waals surface area contributed by atoms with E-state index in [1.54, 1.807) is 24.4 Å². The molecule has 160 valence electrons. The molecule has 2 heterocycles. The van der Waals surface area contributed by atoms with Crippen LogP contribution in [-0.4, -0.2) is 16.7 Å². The molecule has 0 saturated carbocycles. The van der Waals surface area contributed by atoms with Gasteiger partial charge < -0.3 is 10.6 Å². The number of halogens is 2. The van der Waals surface area contributed by atoms with Gasteiger partial charge in [-0.2, -0.15) is 0 Å². The minimum Gasteiger partial charge on any atom is -0.362 e. The fourth-order valence-electron chi connectivity index (χ4n) is 4.36. The van der Waals surface area contributed by atoms with E-state index in [2.05, 4.69) is 45.4 Å². The highest BCUT2D eigenvalue weighted by molar-refractivity contribution is 9.10. The Bertz CT molecular complexity index is 1120. The van der Waals surface area contributed by atoms with Crippen molar-refractivity contribution >= 4 is 45.0 Å². The van der Waals surface area contributed by atoms with Crippen LogP contribution in [0.5, 0.6) is 0 Å². The average molecular weight is 501 g/mol. The summed E-state index contributed by atoms with van der Waals surface area (Å²) in [6.45, 7) is 6.06. The number of benzene rings is 1. The summed E-state index contributed by atoms with van der Waals surface area (Å²) in [5, 5.41) is 6.85. The van der Waals surface area contributed by atoms with Gasteiger partial charge in [-0.3, -0.25) is 9.59 Å². The van der Waals surface area contributed by atoms with Gasteiger partial charge in [-0.1, -0.05) is 37.6 Å². The summed E-state index contributed by atoms with van der Waals surface area (Å²) in [7, 11) is 0. The number of carbonyl (C=O) groups is 2. The van der Waals surface area contributed by atoms with Crippen LogP contribution in [0.15, 0.2) is 69.6 Å². The van der Waals surface area contributed by atoms with Crippen LogP contribution >= 0.6 is 27.5 Å². The van der Waals surface area contributed by atoms with E-state index in [1.807, 2.05) is 25.1 Å². The van der Waals surface area contributed by atoms with Crippen LogP contribution in [0.2, 0.25) is 5.02 Å². The largest absolute Gasteiger partial charge is 0.362 e. The van der Waals surface area contributed by atoms with Crippen LogP contribution in [0.4, 0.5) is 5.82 Å². The number of allylic oxidation sites excluding steroid dienone is 3. The number of aromatic nitrogens is 1. The Kier molecular flexibility index (Phi) is 5.79. The summed E-state index contributed by atoms with van der Waals surface area (Å²) >= 11 is 9.46. The van der Waals surface area contributed by atoms with Crippen molar-refractivity contribution in [3.8, 4) is 0 Å². The lowest BCUT2D eigenvalue weighted by Gasteiger charge is -2.39. The molecule has 1 aromatic heterocycles. The van der Waals surface area contributed by atoms with Crippen LogP contribution in [0, 0.1) is 5.41 Å². The van der Waals surface area contributed by atoms with E-state index in [0.29, 0.717) is 28.4 Å². The van der Waals surface area contributed by atoms with Crippen molar-refractivity contribution in [1.29, 1.82) is 0 Å². The first-order valence-corrected chi connectivity index (χ1v) is 11.2. The molecule has 0 spiro atoms. The Hall–Kier alpha value is -2.44. The summed E-state index contributed by atoms with van der Waals surface area (Å²) in [6, 6.07) is 10.9. The third-order valence-electron chi connectivity index (χ3n) is 5.66. The molecule has 1 aromatic carbocycles. The molecule has 5 nitrogen and oxygen atoms in total. The quantitative estimate of drug-likeness (QED) is 0.564. The maximum absolute atomic E-state index is 13.4. The van der Waals surface area contributed by atoms with E-state index in [0.717, 1.165) is 27.9 Å². The molecule has 2 N–H and O–H groups in total. The number of nitrogens with zero attached hydrogens (tertiary/aromatic N) is 1. The first-order chi connectivity index (χ1) is 14.6. The van der Waals surface area contributed by atoms with Gasteiger partial charge in [0, 0.05) is 50.6 Å². The summed E-state index contributed by atoms with van der Waals surface area (Å²) in [4.78, 5) is 30.9. The van der Waals surface area contributed by atoms with Crippen molar-refractivity contribution in [2.24, 2.45) is 5.41 Å². The minimum atomic E-state index is -0.465. The van der Waals surface area contributed by atoms with Crippen LogP contribution in [0.3, 0.4) is 0 Å². The molecule has 31 heavy (non-hydrogen) atoms. The Morgan fingerprint density at radius 2 is 1.90 bits per heavy atom. The molecule has 7 heteroatoms. The zero-order chi connectivity index (χ0) is 22.3. The van der Waals surface area contributed by atoms with Crippen molar-refractivity contribution in [1.82, 2.24) is 10.3 Å². The van der Waals surface area contributed by atoms with E-state index >= 15 is 0 Å². The lowest BCUT2D eigenvalue weighted by Crippen LogP contribution is -2.39. The van der Waals surface area contributed by atoms with Gasteiger partial charge in [0.25, 0.3) is 5.91 Å². The molecule has 1 aliphatic carbocycles. The number of hydrogen-bond acceptors (Lipinski definition) is 4. The number of Topliss-reactive ketones (excluding diaryl/α,β-unsaturated/α-hetero) is 1. The van der Waals surface area contributed by atoms with Crippen LogP contribution in [0.25, 0.3) is 0 Å². The lowest BCUT2D eigenvalue weighted by atomic mass is 9.68. The number of hydrogen-bond donors (Lipinski definition) is 2. The van der Waals surface area contributed by atoms with Gasteiger partial charge in [-0.15, -0.1) is 0 Å². The van der Waals surface area contributed by atoms with Gasteiger partial charge in [0.05, 0.1) is 0 Å². The predicted octanol–water partition coefficient (Wildman–Crippen LogP) is 5.74. The summed E-state index contributed by atoms with van der Waals surface area (Å²) < 4.78 is 0.824. The Balaban J connectivity index is 1.79. The average Bonchev–Trinajstić information content (AvgIpc) is 2.68. The Morgan fingerprint density at radius 3 is 2.55 bits per heavy atom. The Labute approximate surface area is 195 Å². The van der Waals surface area contributed by atoms with Gasteiger partial charge >= 0.3 is 0 Å². The van der Waals surface area contributed by atoms with Gasteiger partial charge in [-0.05, 0) is 64.5 Å². The summed E-state index contributed by atoms with van der Waals surface area (Å²) in [5.74, 6) is -0.242. The number of carbonyl (C=O) groups excluding carboxylic acids is 2. The highest BCUT2D eigenvalue weighted by Crippen LogP contribution is 2.46. The number of anilines is 1. The van der Waals surface area contributed by atoms with Crippen molar-refractivity contribution in [3.05, 3.63) is 80.2 Å². The first kappa shape index (κ1) is 21.8. The third kappa shape index (κ3) is 4.46. The third-order valence-corrected chi connectivity index (χ3v) is 6.38. The fraction of sp³-hybridized carbons (Fsp3) is 0.292. The standard InChI is InChI=1S/C24H23BrClN3O2/c1-13-20(23(31)29-19-9-6-15(25)12-27-19)21(14-4-7-16(26)8-5-14)22-17(28-13)10-24(2,3)11-18(22)30/h4-9,12,21,28H,10-11H2,1-3H3,(H,27,29,31)/t21-/m0/s1. The van der Waals surface area contributed by atoms with Gasteiger partial charge in [0.2, 0.25) is 0 Å². The normalized spacial score (nSPS) is 20.3. The molecule has 0 fully saturated rings. The number of amides is 1. The zero-order valence-corrected chi connectivity index (χ0v) is 19.9. The molecule has 0 radical (unpaired) electrons. The van der Waals surface area contributed by atoms with Crippen molar-refractivity contribution < 1.29 is 9.59 Å². The van der Waals surface area contributed by atoms with Crippen molar-refractivity contribution in [2.75, 3.05) is 5.32 Å². The molecule has 0 bridgehead atoms. The van der Waals surface area contributed by atoms with Crippen molar-refractivity contribution in [3.63, 3.8) is 0 Å². The maximum atomic E-state index is 13.4. The summed E-state index contributed by atoms with van der Waals surface area (Å²) in [5.41, 5.74) is 3.55. The first-order valence-electron chi connectivity index (χ1n) is 10.1. The lowest BCUT2D eigenvalue weighted by molar-refractivity contribution is -0.118. The van der Waals surface area contributed by atoms with E-state index < -0.39 is 5.92 Å². The SMILES string of the molecule is CC1=C(C(=O)Nc2ccc(Br)cn2)[C@H](c2ccc(Cl)cc2)C2=C(CC(C)(C)CC2=O)N1. The predicted molar refractivity (Wildman–Crippen MR) is 126 cm³/mol. The maximum Gasteiger partial charge on any atom is 0.255 e. The van der Waals surface area contributed by atoms with E-state index in [-0.39, 0.29) is 17.1 Å². The molecular formula is C24H23BrClN3O2. The van der Waals surface area contributed by atoms with Crippen LogP contribution in [-0.2, 0) is 9.59 Å². The molecule has 0 unspecified atom stereocenters. The second-order valence-electron chi connectivity index (χ2n) is 8.80. The second-order valence-corrected chi connectivity index (χ2v) is 10.1. The van der Waals surface area contributed by atoms with Gasteiger partial charge in [-0.25, -0.2) is 4.98 Å². The topological polar surface area (TPSA) is 71.1 Å². The molecule has 2 aliphatic rings. The molecule has 1 amide bonds. The molecule has 0 saturated heterocycles. The van der Waals surface area contributed by atoms with E-state index in [1.165, 1.54) is 0 Å². The highest BCUT2D eigenvalue weighted by atomic mass is 79.9. The molecule has 1 aliphatic heterocycles. The summed E-state index contributed by atoms with van der Waals surface area (Å²) in [6.07, 6.45) is 2.82. The van der Waals surface area contributed by atoms with Crippen LogP contribution < -0.4 is 10.6 Å². The van der Waals surface area contributed by atoms with E-state index in [9.17, 15) is 9.59 Å². The molecule has 2 aromatic rings. The van der Waals surface area contributed by atoms with Gasteiger partial charge in [0.15, 0.2) is 5.78 Å². The monoisotopic (exact) mass is 499 g/mol. The number of dihydropyridines is 1. The van der Waals surface area contributed by atoms with Crippen LogP contribution in [0.1, 0.15) is 45.1 Å². The number of pyridine rings is 1. The van der Waals surface area contributed by atoms with Gasteiger partial charge in [0.1, 0.15) is 5.82 Å². The number of ketones is 1. The van der Waals surface area contributed by atoms with E-state index in [4.69, 9.17) is 11.6 Å². The molecule has 1 atom stereocenters. The molecular weight excluding hydrogens is 478 g/mol. The number of nitrogens with one attached hydrogen (secondary N) is 2. The zero-order valence-electron chi connectivity index (χ0n) is 17.6. The second kappa shape index (κ2) is 8.24. The number of rotatable bonds is 3. The fourth-order valence-corrected chi connectivity index (χ4v) is 4.72. The Morgan fingerprint density at radius 1 is 1.19 bits per heavy atom.